The third-order valence-electron chi connectivity index (χ3n) is 3.78. The van der Waals surface area contributed by atoms with E-state index in [0.717, 1.165) is 13.0 Å². The molecule has 1 heterocycles. The number of ether oxygens (including phenoxy) is 1. The lowest BCUT2D eigenvalue weighted by Crippen LogP contribution is -2.47. The van der Waals surface area contributed by atoms with E-state index in [2.05, 4.69) is 12.2 Å². The largest absolute Gasteiger partial charge is 0.504 e. The van der Waals surface area contributed by atoms with Crippen LogP contribution in [0.15, 0.2) is 12.1 Å². The molecule has 0 radical (unpaired) electrons. The topological polar surface area (TPSA) is 82.0 Å². The SMILES string of the molecule is CC1OCCC1(C)NCc1ccc(O)c(O)c1O. The predicted octanol–water partition coefficient (Wildman–Crippen LogP) is 1.46. The van der Waals surface area contributed by atoms with Gasteiger partial charge in [0.2, 0.25) is 5.75 Å². The number of phenols is 3. The summed E-state index contributed by atoms with van der Waals surface area (Å²) in [5, 5.41) is 31.7. The van der Waals surface area contributed by atoms with Crippen LogP contribution in [0.2, 0.25) is 0 Å². The summed E-state index contributed by atoms with van der Waals surface area (Å²) in [4.78, 5) is 0. The van der Waals surface area contributed by atoms with Crippen molar-refractivity contribution in [2.75, 3.05) is 6.61 Å². The zero-order chi connectivity index (χ0) is 13.3. The van der Waals surface area contributed by atoms with Gasteiger partial charge in [0.15, 0.2) is 11.5 Å². The van der Waals surface area contributed by atoms with Crippen LogP contribution in [0.5, 0.6) is 17.2 Å². The van der Waals surface area contributed by atoms with Crippen LogP contribution in [0.3, 0.4) is 0 Å². The van der Waals surface area contributed by atoms with Crippen LogP contribution in [0.1, 0.15) is 25.8 Å². The van der Waals surface area contributed by atoms with Crippen molar-refractivity contribution in [1.82, 2.24) is 5.32 Å². The molecule has 0 spiro atoms. The molecule has 1 aliphatic heterocycles. The average molecular weight is 253 g/mol. The lowest BCUT2D eigenvalue weighted by atomic mass is 9.94. The first-order chi connectivity index (χ1) is 8.44. The Bertz CT molecular complexity index is 449. The van der Waals surface area contributed by atoms with Gasteiger partial charge in [-0.1, -0.05) is 6.07 Å². The van der Waals surface area contributed by atoms with Crippen LogP contribution in [0.4, 0.5) is 0 Å². The molecule has 5 heteroatoms. The number of hydrogen-bond donors (Lipinski definition) is 4. The number of aromatic hydroxyl groups is 3. The maximum atomic E-state index is 9.72. The molecule has 1 saturated heterocycles. The van der Waals surface area contributed by atoms with Crippen molar-refractivity contribution in [2.24, 2.45) is 0 Å². The Balaban J connectivity index is 2.09. The summed E-state index contributed by atoms with van der Waals surface area (Å²) in [5.74, 6) is -1.08. The molecule has 18 heavy (non-hydrogen) atoms. The third kappa shape index (κ3) is 2.23. The molecule has 0 saturated carbocycles. The highest BCUT2D eigenvalue weighted by Gasteiger charge is 2.36. The van der Waals surface area contributed by atoms with Gasteiger partial charge in [-0.05, 0) is 26.3 Å². The molecule has 0 aromatic heterocycles. The Morgan fingerprint density at radius 1 is 1.33 bits per heavy atom. The molecule has 1 fully saturated rings. The van der Waals surface area contributed by atoms with Gasteiger partial charge in [-0.2, -0.15) is 0 Å². The highest BCUT2D eigenvalue weighted by Crippen LogP contribution is 2.37. The van der Waals surface area contributed by atoms with Gasteiger partial charge in [0.25, 0.3) is 0 Å². The monoisotopic (exact) mass is 253 g/mol. The molecule has 0 amide bonds. The van der Waals surface area contributed by atoms with E-state index in [-0.39, 0.29) is 23.1 Å². The van der Waals surface area contributed by atoms with Crippen LogP contribution in [-0.2, 0) is 11.3 Å². The van der Waals surface area contributed by atoms with E-state index in [9.17, 15) is 15.3 Å². The van der Waals surface area contributed by atoms with Gasteiger partial charge >= 0.3 is 0 Å². The fourth-order valence-corrected chi connectivity index (χ4v) is 2.12. The van der Waals surface area contributed by atoms with Crippen molar-refractivity contribution in [3.8, 4) is 17.2 Å². The molecule has 1 aliphatic rings. The fourth-order valence-electron chi connectivity index (χ4n) is 2.12. The molecule has 1 aromatic carbocycles. The van der Waals surface area contributed by atoms with E-state index in [1.807, 2.05) is 6.92 Å². The lowest BCUT2D eigenvalue weighted by molar-refractivity contribution is 0.0880. The quantitative estimate of drug-likeness (QED) is 0.613. The smallest absolute Gasteiger partial charge is 0.200 e. The van der Waals surface area contributed by atoms with Crippen LogP contribution in [-0.4, -0.2) is 33.6 Å². The summed E-state index contributed by atoms with van der Waals surface area (Å²) in [6, 6.07) is 2.95. The molecule has 0 aliphatic carbocycles. The van der Waals surface area contributed by atoms with E-state index in [1.165, 1.54) is 6.07 Å². The van der Waals surface area contributed by atoms with Gasteiger partial charge in [0.05, 0.1) is 6.10 Å². The summed E-state index contributed by atoms with van der Waals surface area (Å²) in [6.07, 6.45) is 1.00. The first kappa shape index (κ1) is 13.0. The molecule has 5 nitrogen and oxygen atoms in total. The van der Waals surface area contributed by atoms with Gasteiger partial charge in [0.1, 0.15) is 0 Å². The summed E-state index contributed by atoms with van der Waals surface area (Å²) in [7, 11) is 0. The normalized spacial score (nSPS) is 27.6. The second-order valence-electron chi connectivity index (χ2n) is 4.98. The van der Waals surface area contributed by atoms with Crippen LogP contribution in [0.25, 0.3) is 0 Å². The number of rotatable bonds is 3. The Labute approximate surface area is 106 Å². The van der Waals surface area contributed by atoms with Gasteiger partial charge in [-0.15, -0.1) is 0 Å². The predicted molar refractivity (Wildman–Crippen MR) is 66.7 cm³/mol. The van der Waals surface area contributed by atoms with Crippen LogP contribution < -0.4 is 5.32 Å². The van der Waals surface area contributed by atoms with Crippen molar-refractivity contribution >= 4 is 0 Å². The average Bonchev–Trinajstić information content (AvgIpc) is 2.66. The van der Waals surface area contributed by atoms with E-state index in [4.69, 9.17) is 4.74 Å². The van der Waals surface area contributed by atoms with Gasteiger partial charge < -0.3 is 25.4 Å². The number of hydrogen-bond acceptors (Lipinski definition) is 5. The molecule has 100 valence electrons. The first-order valence-electron chi connectivity index (χ1n) is 6.03. The molecule has 4 N–H and O–H groups in total. The Morgan fingerprint density at radius 2 is 2.06 bits per heavy atom. The standard InChI is InChI=1S/C13H19NO4/c1-8-13(2,5-6-18-8)14-7-9-3-4-10(15)12(17)11(9)16/h3-4,8,14-17H,5-7H2,1-2H3. The number of nitrogens with one attached hydrogen (secondary N) is 1. The highest BCUT2D eigenvalue weighted by molar-refractivity contribution is 5.53. The van der Waals surface area contributed by atoms with Crippen molar-refractivity contribution in [1.29, 1.82) is 0 Å². The molecule has 0 bridgehead atoms. The highest BCUT2D eigenvalue weighted by atomic mass is 16.5. The van der Waals surface area contributed by atoms with E-state index in [1.54, 1.807) is 6.07 Å². The van der Waals surface area contributed by atoms with Crippen molar-refractivity contribution in [3.63, 3.8) is 0 Å². The van der Waals surface area contributed by atoms with Crippen molar-refractivity contribution in [3.05, 3.63) is 17.7 Å². The Morgan fingerprint density at radius 3 is 2.67 bits per heavy atom. The van der Waals surface area contributed by atoms with E-state index in [0.29, 0.717) is 12.1 Å². The molecular formula is C13H19NO4. The third-order valence-corrected chi connectivity index (χ3v) is 3.78. The number of phenolic OH excluding ortho intramolecular Hbond substituents is 3. The molecular weight excluding hydrogens is 234 g/mol. The Hall–Kier alpha value is -1.46. The molecule has 2 atom stereocenters. The minimum atomic E-state index is -0.477. The molecule has 1 aromatic rings. The van der Waals surface area contributed by atoms with E-state index < -0.39 is 5.75 Å². The van der Waals surface area contributed by atoms with E-state index >= 15 is 0 Å². The maximum absolute atomic E-state index is 9.72. The summed E-state index contributed by atoms with van der Waals surface area (Å²) in [5.41, 5.74) is 0.408. The summed E-state index contributed by atoms with van der Waals surface area (Å²) < 4.78 is 5.52. The minimum absolute atomic E-state index is 0.102. The van der Waals surface area contributed by atoms with Crippen molar-refractivity contribution in [2.45, 2.75) is 38.5 Å². The molecule has 2 unspecified atom stereocenters. The lowest BCUT2D eigenvalue weighted by Gasteiger charge is -2.29. The summed E-state index contributed by atoms with van der Waals surface area (Å²) >= 11 is 0. The molecule has 2 rings (SSSR count). The van der Waals surface area contributed by atoms with Crippen molar-refractivity contribution < 1.29 is 20.1 Å². The fraction of sp³-hybridized carbons (Fsp3) is 0.538. The van der Waals surface area contributed by atoms with Gasteiger partial charge in [-0.25, -0.2) is 0 Å². The zero-order valence-electron chi connectivity index (χ0n) is 10.6. The minimum Gasteiger partial charge on any atom is -0.504 e. The second kappa shape index (κ2) is 4.66. The Kier molecular flexibility index (Phi) is 3.36. The maximum Gasteiger partial charge on any atom is 0.200 e. The van der Waals surface area contributed by atoms with Gasteiger partial charge in [-0.3, -0.25) is 0 Å². The van der Waals surface area contributed by atoms with Crippen LogP contribution in [0, 0.1) is 0 Å². The van der Waals surface area contributed by atoms with Crippen LogP contribution >= 0.6 is 0 Å². The number of benzene rings is 1. The van der Waals surface area contributed by atoms with Gasteiger partial charge in [0, 0.05) is 24.3 Å². The summed E-state index contributed by atoms with van der Waals surface area (Å²) in [6.45, 7) is 5.21. The second-order valence-corrected chi connectivity index (χ2v) is 4.98. The first-order valence-corrected chi connectivity index (χ1v) is 6.03. The zero-order valence-corrected chi connectivity index (χ0v) is 10.6.